The highest BCUT2D eigenvalue weighted by molar-refractivity contribution is 4.75. The molecule has 17 heavy (non-hydrogen) atoms. The van der Waals surface area contributed by atoms with Crippen LogP contribution in [0.3, 0.4) is 0 Å². The van der Waals surface area contributed by atoms with Crippen molar-refractivity contribution in [3.63, 3.8) is 0 Å². The normalized spacial score (nSPS) is 19.1. The largest absolute Gasteiger partial charge is 0.316 e. The molecule has 0 unspecified atom stereocenters. The Kier molecular flexibility index (Phi) is 7.87. The Morgan fingerprint density at radius 2 is 1.76 bits per heavy atom. The summed E-state index contributed by atoms with van der Waals surface area (Å²) in [5, 5.41) is 3.56. The summed E-state index contributed by atoms with van der Waals surface area (Å²) in [6, 6.07) is 0. The predicted molar refractivity (Wildman–Crippen MR) is 76.4 cm³/mol. The van der Waals surface area contributed by atoms with E-state index in [0.29, 0.717) is 0 Å². The molecule has 0 bridgehead atoms. The molecule has 0 radical (unpaired) electrons. The summed E-state index contributed by atoms with van der Waals surface area (Å²) in [5.74, 6) is 1.85. The van der Waals surface area contributed by atoms with Gasteiger partial charge in [-0.3, -0.25) is 0 Å². The molecule has 0 spiro atoms. The second-order valence-electron chi connectivity index (χ2n) is 5.63. The van der Waals surface area contributed by atoms with Crippen LogP contribution in [-0.2, 0) is 0 Å². The molecular formula is C15H32N2. The van der Waals surface area contributed by atoms with Crippen molar-refractivity contribution in [1.82, 2.24) is 10.2 Å². The fraction of sp³-hybridized carbons (Fsp3) is 1.00. The first-order valence-corrected chi connectivity index (χ1v) is 7.73. The van der Waals surface area contributed by atoms with E-state index >= 15 is 0 Å². The van der Waals surface area contributed by atoms with Gasteiger partial charge in [0.1, 0.15) is 0 Å². The molecular weight excluding hydrogens is 208 g/mol. The molecule has 102 valence electrons. The van der Waals surface area contributed by atoms with Gasteiger partial charge in [-0.15, -0.1) is 0 Å². The Labute approximate surface area is 108 Å². The van der Waals surface area contributed by atoms with Gasteiger partial charge in [0.2, 0.25) is 0 Å². The molecule has 0 saturated carbocycles. The smallest absolute Gasteiger partial charge is 0.000946 e. The minimum atomic E-state index is 0.921. The van der Waals surface area contributed by atoms with Gasteiger partial charge in [0.15, 0.2) is 0 Å². The van der Waals surface area contributed by atoms with Gasteiger partial charge in [0.05, 0.1) is 0 Å². The number of nitrogens with one attached hydrogen (secondary N) is 1. The van der Waals surface area contributed by atoms with Gasteiger partial charge >= 0.3 is 0 Å². The molecule has 1 fully saturated rings. The van der Waals surface area contributed by atoms with Gasteiger partial charge in [-0.25, -0.2) is 0 Å². The molecule has 0 aromatic rings. The van der Waals surface area contributed by atoms with Gasteiger partial charge in [0, 0.05) is 6.54 Å². The third kappa shape index (κ3) is 5.87. The van der Waals surface area contributed by atoms with E-state index in [2.05, 4.69) is 31.0 Å². The van der Waals surface area contributed by atoms with Gasteiger partial charge < -0.3 is 10.2 Å². The van der Waals surface area contributed by atoms with Crippen LogP contribution in [0.25, 0.3) is 0 Å². The Morgan fingerprint density at radius 1 is 1.12 bits per heavy atom. The molecule has 2 nitrogen and oxygen atoms in total. The van der Waals surface area contributed by atoms with E-state index in [9.17, 15) is 0 Å². The van der Waals surface area contributed by atoms with Crippen LogP contribution in [-0.4, -0.2) is 37.6 Å². The first-order valence-electron chi connectivity index (χ1n) is 7.73. The molecule has 0 atom stereocenters. The number of likely N-dealkylation sites (tertiary alicyclic amines) is 1. The SMILES string of the molecule is CCCNCC1CCN(CC(CC)CC)CC1. The van der Waals surface area contributed by atoms with Crippen molar-refractivity contribution in [2.24, 2.45) is 11.8 Å². The molecule has 1 N–H and O–H groups in total. The molecule has 0 aliphatic carbocycles. The standard InChI is InChI=1S/C15H32N2/c1-4-9-16-12-15-7-10-17(11-8-15)13-14(5-2)6-3/h14-16H,4-13H2,1-3H3. The highest BCUT2D eigenvalue weighted by Crippen LogP contribution is 2.19. The lowest BCUT2D eigenvalue weighted by atomic mass is 9.95. The number of hydrogen-bond donors (Lipinski definition) is 1. The molecule has 0 aromatic heterocycles. The summed E-state index contributed by atoms with van der Waals surface area (Å²) in [4.78, 5) is 2.69. The zero-order valence-electron chi connectivity index (χ0n) is 12.2. The lowest BCUT2D eigenvalue weighted by molar-refractivity contribution is 0.156. The molecule has 1 aliphatic rings. The van der Waals surface area contributed by atoms with Crippen molar-refractivity contribution >= 4 is 0 Å². The van der Waals surface area contributed by atoms with Crippen LogP contribution in [0.1, 0.15) is 52.9 Å². The van der Waals surface area contributed by atoms with Crippen LogP contribution in [0.15, 0.2) is 0 Å². The molecule has 2 heteroatoms. The number of rotatable bonds is 8. The van der Waals surface area contributed by atoms with Crippen LogP contribution >= 0.6 is 0 Å². The maximum atomic E-state index is 3.56. The molecule has 1 saturated heterocycles. The van der Waals surface area contributed by atoms with Crippen molar-refractivity contribution in [1.29, 1.82) is 0 Å². The second-order valence-corrected chi connectivity index (χ2v) is 5.63. The Balaban J connectivity index is 2.12. The lowest BCUT2D eigenvalue weighted by Crippen LogP contribution is -2.39. The molecule has 1 rings (SSSR count). The van der Waals surface area contributed by atoms with E-state index < -0.39 is 0 Å². The van der Waals surface area contributed by atoms with Crippen molar-refractivity contribution in [3.05, 3.63) is 0 Å². The first-order chi connectivity index (χ1) is 8.30. The minimum Gasteiger partial charge on any atom is -0.316 e. The Morgan fingerprint density at radius 3 is 2.29 bits per heavy atom. The summed E-state index contributed by atoms with van der Waals surface area (Å²) in [6.45, 7) is 13.3. The maximum Gasteiger partial charge on any atom is 0.000946 e. The van der Waals surface area contributed by atoms with E-state index in [4.69, 9.17) is 0 Å². The summed E-state index contributed by atoms with van der Waals surface area (Å²) < 4.78 is 0. The summed E-state index contributed by atoms with van der Waals surface area (Å²) >= 11 is 0. The van der Waals surface area contributed by atoms with E-state index in [1.807, 2.05) is 0 Å². The number of nitrogens with zero attached hydrogens (tertiary/aromatic N) is 1. The quantitative estimate of drug-likeness (QED) is 0.656. The zero-order valence-corrected chi connectivity index (χ0v) is 12.2. The van der Waals surface area contributed by atoms with Gasteiger partial charge in [0.25, 0.3) is 0 Å². The topological polar surface area (TPSA) is 15.3 Å². The van der Waals surface area contributed by atoms with Crippen LogP contribution in [0, 0.1) is 11.8 Å². The van der Waals surface area contributed by atoms with Crippen molar-refractivity contribution in [2.75, 3.05) is 32.7 Å². The summed E-state index contributed by atoms with van der Waals surface area (Å²) in [5.41, 5.74) is 0. The predicted octanol–water partition coefficient (Wildman–Crippen LogP) is 3.13. The third-order valence-corrected chi connectivity index (χ3v) is 4.24. The van der Waals surface area contributed by atoms with Gasteiger partial charge in [-0.2, -0.15) is 0 Å². The summed E-state index contributed by atoms with van der Waals surface area (Å²) in [7, 11) is 0. The average Bonchev–Trinajstić information content (AvgIpc) is 2.38. The molecule has 0 amide bonds. The highest BCUT2D eigenvalue weighted by atomic mass is 15.1. The molecule has 1 heterocycles. The highest BCUT2D eigenvalue weighted by Gasteiger charge is 2.20. The first kappa shape index (κ1) is 15.0. The van der Waals surface area contributed by atoms with Gasteiger partial charge in [-0.1, -0.05) is 33.6 Å². The zero-order chi connectivity index (χ0) is 12.5. The number of hydrogen-bond acceptors (Lipinski definition) is 2. The Hall–Kier alpha value is -0.0800. The minimum absolute atomic E-state index is 0.921. The molecule has 0 aromatic carbocycles. The lowest BCUT2D eigenvalue weighted by Gasteiger charge is -2.34. The fourth-order valence-electron chi connectivity index (χ4n) is 2.77. The van der Waals surface area contributed by atoms with E-state index in [1.165, 1.54) is 64.8 Å². The second kappa shape index (κ2) is 8.93. The van der Waals surface area contributed by atoms with E-state index in [1.54, 1.807) is 0 Å². The average molecular weight is 240 g/mol. The fourth-order valence-corrected chi connectivity index (χ4v) is 2.77. The Bertz CT molecular complexity index is 170. The van der Waals surface area contributed by atoms with Crippen molar-refractivity contribution in [3.8, 4) is 0 Å². The number of piperidine rings is 1. The van der Waals surface area contributed by atoms with E-state index in [-0.39, 0.29) is 0 Å². The van der Waals surface area contributed by atoms with Crippen molar-refractivity contribution < 1.29 is 0 Å². The van der Waals surface area contributed by atoms with Crippen molar-refractivity contribution in [2.45, 2.75) is 52.9 Å². The van der Waals surface area contributed by atoms with Crippen LogP contribution < -0.4 is 5.32 Å². The van der Waals surface area contributed by atoms with Gasteiger partial charge in [-0.05, 0) is 57.3 Å². The summed E-state index contributed by atoms with van der Waals surface area (Å²) in [6.07, 6.45) is 6.74. The van der Waals surface area contributed by atoms with Crippen LogP contribution in [0.2, 0.25) is 0 Å². The molecule has 1 aliphatic heterocycles. The monoisotopic (exact) mass is 240 g/mol. The van der Waals surface area contributed by atoms with Crippen LogP contribution in [0.5, 0.6) is 0 Å². The van der Waals surface area contributed by atoms with E-state index in [0.717, 1.165) is 11.8 Å². The maximum absolute atomic E-state index is 3.56. The third-order valence-electron chi connectivity index (χ3n) is 4.24. The van der Waals surface area contributed by atoms with Crippen LogP contribution in [0.4, 0.5) is 0 Å².